The summed E-state index contributed by atoms with van der Waals surface area (Å²) in [4.78, 5) is 21.6. The lowest BCUT2D eigenvalue weighted by molar-refractivity contribution is -0.111. The predicted octanol–water partition coefficient (Wildman–Crippen LogP) is 4.85. The molecule has 1 amide bonds. The first-order valence-corrected chi connectivity index (χ1v) is 11.3. The van der Waals surface area contributed by atoms with Gasteiger partial charge in [-0.15, -0.1) is 0 Å². The smallest absolute Gasteiger partial charge is 0.248 e. The van der Waals surface area contributed by atoms with Crippen molar-refractivity contribution in [1.29, 1.82) is 0 Å². The van der Waals surface area contributed by atoms with E-state index in [1.165, 1.54) is 11.8 Å². The monoisotopic (exact) mass is 442 g/mol. The van der Waals surface area contributed by atoms with E-state index in [9.17, 15) is 4.79 Å². The number of benzene rings is 2. The Balaban J connectivity index is 1.29. The molecule has 1 aromatic heterocycles. The van der Waals surface area contributed by atoms with Crippen LogP contribution >= 0.6 is 0 Å². The zero-order valence-corrected chi connectivity index (χ0v) is 19.1. The molecular weight excluding hydrogens is 412 g/mol. The predicted molar refractivity (Wildman–Crippen MR) is 135 cm³/mol. The van der Waals surface area contributed by atoms with Crippen molar-refractivity contribution in [2.24, 2.45) is 0 Å². The number of hydrogen-bond acceptors (Lipinski definition) is 5. The second-order valence-corrected chi connectivity index (χ2v) is 8.28. The molecule has 3 aromatic rings. The summed E-state index contributed by atoms with van der Waals surface area (Å²) in [5.74, 6) is 1.52. The first kappa shape index (κ1) is 22.4. The molecule has 0 saturated carbocycles. The van der Waals surface area contributed by atoms with E-state index in [0.29, 0.717) is 5.69 Å². The van der Waals surface area contributed by atoms with Crippen LogP contribution in [0.3, 0.4) is 0 Å². The van der Waals surface area contributed by atoms with Gasteiger partial charge in [-0.05, 0) is 61.9 Å². The average Bonchev–Trinajstić information content (AvgIpc) is 2.84. The third-order valence-electron chi connectivity index (χ3n) is 5.40. The molecule has 0 atom stereocenters. The third kappa shape index (κ3) is 6.35. The zero-order chi connectivity index (χ0) is 23.0. The van der Waals surface area contributed by atoms with E-state index in [1.807, 2.05) is 56.3 Å². The molecule has 1 aliphatic rings. The molecule has 0 aliphatic carbocycles. The molecule has 2 heterocycles. The van der Waals surface area contributed by atoms with Gasteiger partial charge in [0.1, 0.15) is 11.6 Å². The molecular formula is C27H30N4O2. The number of carbonyl (C=O) groups is 1. The molecule has 1 fully saturated rings. The molecule has 4 rings (SSSR count). The number of rotatable bonds is 7. The number of para-hydroxylation sites is 1. The summed E-state index contributed by atoms with van der Waals surface area (Å²) in [6.45, 7) is 7.71. The molecule has 1 saturated heterocycles. The minimum Gasteiger partial charge on any atom is -0.491 e. The van der Waals surface area contributed by atoms with Crippen molar-refractivity contribution in [3.05, 3.63) is 84.6 Å². The highest BCUT2D eigenvalue weighted by Crippen LogP contribution is 2.20. The summed E-state index contributed by atoms with van der Waals surface area (Å²) < 4.78 is 5.70. The Bertz CT molecular complexity index is 1070. The molecule has 6 heteroatoms. The largest absolute Gasteiger partial charge is 0.491 e. The van der Waals surface area contributed by atoms with Crippen LogP contribution in [-0.4, -0.2) is 43.2 Å². The highest BCUT2D eigenvalue weighted by Gasteiger charge is 2.18. The van der Waals surface area contributed by atoms with Crippen LogP contribution in [0.4, 0.5) is 17.2 Å². The highest BCUT2D eigenvalue weighted by molar-refractivity contribution is 6.01. The van der Waals surface area contributed by atoms with Gasteiger partial charge in [-0.2, -0.15) is 0 Å². The number of pyridine rings is 1. The highest BCUT2D eigenvalue weighted by atomic mass is 16.5. The van der Waals surface area contributed by atoms with Gasteiger partial charge in [0.05, 0.1) is 18.0 Å². The molecule has 1 N–H and O–H groups in total. The lowest BCUT2D eigenvalue weighted by Crippen LogP contribution is -2.46. The first-order valence-electron chi connectivity index (χ1n) is 11.3. The number of hydrogen-bond donors (Lipinski definition) is 1. The molecule has 33 heavy (non-hydrogen) atoms. The van der Waals surface area contributed by atoms with Crippen LogP contribution in [0.1, 0.15) is 19.4 Å². The summed E-state index contributed by atoms with van der Waals surface area (Å²) in [6, 6.07) is 22.0. The van der Waals surface area contributed by atoms with E-state index in [2.05, 4.69) is 44.4 Å². The van der Waals surface area contributed by atoms with Crippen LogP contribution in [0.25, 0.3) is 6.08 Å². The average molecular weight is 443 g/mol. The molecule has 170 valence electrons. The van der Waals surface area contributed by atoms with E-state index < -0.39 is 0 Å². The number of nitrogens with zero attached hydrogens (tertiary/aromatic N) is 3. The number of amides is 1. The fourth-order valence-corrected chi connectivity index (χ4v) is 3.80. The minimum absolute atomic E-state index is 0.107. The second kappa shape index (κ2) is 10.7. The Kier molecular flexibility index (Phi) is 7.25. The maximum atomic E-state index is 12.3. The van der Waals surface area contributed by atoms with Gasteiger partial charge >= 0.3 is 0 Å². The van der Waals surface area contributed by atoms with Gasteiger partial charge in [0.25, 0.3) is 0 Å². The van der Waals surface area contributed by atoms with Gasteiger partial charge in [0.15, 0.2) is 0 Å². The molecule has 1 aliphatic heterocycles. The topological polar surface area (TPSA) is 57.7 Å². The molecule has 0 unspecified atom stereocenters. The van der Waals surface area contributed by atoms with Crippen LogP contribution in [0, 0.1) is 0 Å². The lowest BCUT2D eigenvalue weighted by atomic mass is 10.2. The van der Waals surface area contributed by atoms with Crippen LogP contribution in [0.5, 0.6) is 5.75 Å². The Morgan fingerprint density at radius 1 is 0.970 bits per heavy atom. The summed E-state index contributed by atoms with van der Waals surface area (Å²) in [6.07, 6.45) is 5.11. The summed E-state index contributed by atoms with van der Waals surface area (Å²) >= 11 is 0. The molecule has 0 spiro atoms. The maximum Gasteiger partial charge on any atom is 0.248 e. The minimum atomic E-state index is -0.198. The normalized spacial score (nSPS) is 14.0. The number of anilines is 3. The van der Waals surface area contributed by atoms with Crippen molar-refractivity contribution < 1.29 is 9.53 Å². The lowest BCUT2D eigenvalue weighted by Gasteiger charge is -2.36. The molecule has 0 bridgehead atoms. The number of ether oxygens (including phenoxy) is 1. The van der Waals surface area contributed by atoms with Gasteiger partial charge in [-0.1, -0.05) is 30.3 Å². The number of piperazine rings is 1. The molecule has 2 aromatic carbocycles. The number of aromatic nitrogens is 1. The van der Waals surface area contributed by atoms with Crippen molar-refractivity contribution in [2.75, 3.05) is 41.3 Å². The van der Waals surface area contributed by atoms with Crippen molar-refractivity contribution in [1.82, 2.24) is 4.98 Å². The van der Waals surface area contributed by atoms with Crippen LogP contribution in [0.15, 0.2) is 79.0 Å². The summed E-state index contributed by atoms with van der Waals surface area (Å²) in [7, 11) is 0. The standard InChI is InChI=1S/C27H30N4O2/c1-21(2)33-25-10-6-7-22(19-25)11-14-27(32)29-23-12-13-26(28-20-23)31-17-15-30(16-18-31)24-8-4-3-5-9-24/h3-14,19-21H,15-18H2,1-2H3,(H,29,32)/b14-11+. The van der Waals surface area contributed by atoms with Crippen LogP contribution in [0.2, 0.25) is 0 Å². The van der Waals surface area contributed by atoms with E-state index in [-0.39, 0.29) is 12.0 Å². The van der Waals surface area contributed by atoms with Gasteiger partial charge < -0.3 is 19.9 Å². The van der Waals surface area contributed by atoms with Crippen LogP contribution in [-0.2, 0) is 4.79 Å². The van der Waals surface area contributed by atoms with E-state index in [4.69, 9.17) is 4.74 Å². The van der Waals surface area contributed by atoms with Crippen molar-refractivity contribution in [3.8, 4) is 5.75 Å². The SMILES string of the molecule is CC(C)Oc1cccc(/C=C/C(=O)Nc2ccc(N3CCN(c4ccccc4)CC3)nc2)c1. The van der Waals surface area contributed by atoms with Crippen LogP contribution < -0.4 is 19.9 Å². The number of carbonyl (C=O) groups excluding carboxylic acids is 1. The van der Waals surface area contributed by atoms with E-state index in [1.54, 1.807) is 12.3 Å². The Morgan fingerprint density at radius 3 is 2.42 bits per heavy atom. The third-order valence-corrected chi connectivity index (χ3v) is 5.40. The maximum absolute atomic E-state index is 12.3. The Morgan fingerprint density at radius 2 is 1.73 bits per heavy atom. The summed E-state index contributed by atoms with van der Waals surface area (Å²) in [5.41, 5.74) is 2.84. The zero-order valence-electron chi connectivity index (χ0n) is 19.1. The van der Waals surface area contributed by atoms with Crippen molar-refractivity contribution in [2.45, 2.75) is 20.0 Å². The second-order valence-electron chi connectivity index (χ2n) is 8.28. The first-order chi connectivity index (χ1) is 16.1. The fourth-order valence-electron chi connectivity index (χ4n) is 3.80. The van der Waals surface area contributed by atoms with Gasteiger partial charge in [0.2, 0.25) is 5.91 Å². The van der Waals surface area contributed by atoms with E-state index in [0.717, 1.165) is 43.3 Å². The van der Waals surface area contributed by atoms with Gasteiger partial charge in [-0.25, -0.2) is 4.98 Å². The van der Waals surface area contributed by atoms with Crippen molar-refractivity contribution >= 4 is 29.2 Å². The van der Waals surface area contributed by atoms with E-state index >= 15 is 0 Å². The summed E-state index contributed by atoms with van der Waals surface area (Å²) in [5, 5.41) is 2.87. The molecule has 0 radical (unpaired) electrons. The Labute approximate surface area is 195 Å². The van der Waals surface area contributed by atoms with Gasteiger partial charge in [0, 0.05) is 37.9 Å². The van der Waals surface area contributed by atoms with Crippen molar-refractivity contribution in [3.63, 3.8) is 0 Å². The fraction of sp³-hybridized carbons (Fsp3) is 0.259. The quantitative estimate of drug-likeness (QED) is 0.530. The molecule has 6 nitrogen and oxygen atoms in total. The Hall–Kier alpha value is -3.80. The number of nitrogens with one attached hydrogen (secondary N) is 1. The van der Waals surface area contributed by atoms with Gasteiger partial charge in [-0.3, -0.25) is 4.79 Å².